The lowest BCUT2D eigenvalue weighted by molar-refractivity contribution is 0.740. The number of nitrogen functional groups attached to an aromatic ring is 1. The van der Waals surface area contributed by atoms with Gasteiger partial charge in [-0.25, -0.2) is 0 Å². The lowest BCUT2D eigenvalue weighted by atomic mass is 10.2. The fraction of sp³-hybridized carbons (Fsp3) is 0.556. The summed E-state index contributed by atoms with van der Waals surface area (Å²) in [6.07, 6.45) is 5.08. The third-order valence-corrected chi connectivity index (χ3v) is 1.88. The number of nitrogens with zero attached hydrogens (tertiary/aromatic N) is 4. The molecule has 7 heteroatoms. The highest BCUT2D eigenvalue weighted by atomic mass is 15.2. The maximum atomic E-state index is 8.42. The number of nitrogens with one attached hydrogen (secondary N) is 2. The normalized spacial score (nSPS) is 9.50. The summed E-state index contributed by atoms with van der Waals surface area (Å²) >= 11 is 0. The predicted octanol–water partition coefficient (Wildman–Crippen LogP) is 0.949. The fourth-order valence-electron chi connectivity index (χ4n) is 1.15. The molecule has 0 saturated carbocycles. The van der Waals surface area contributed by atoms with E-state index in [1.807, 2.05) is 0 Å². The second-order valence-corrected chi connectivity index (χ2v) is 3.21. The lowest BCUT2D eigenvalue weighted by Gasteiger charge is -2.05. The van der Waals surface area contributed by atoms with E-state index in [-0.39, 0.29) is 11.9 Å². The number of hydrogen-bond donors (Lipinski definition) is 3. The Morgan fingerprint density at radius 1 is 1.25 bits per heavy atom. The van der Waals surface area contributed by atoms with Crippen molar-refractivity contribution in [2.24, 2.45) is 0 Å². The topological polar surface area (TPSA) is 113 Å². The third-order valence-electron chi connectivity index (χ3n) is 1.88. The maximum absolute atomic E-state index is 8.42. The second kappa shape index (κ2) is 6.40. The Bertz CT molecular complexity index is 371. The van der Waals surface area contributed by atoms with E-state index in [9.17, 15) is 0 Å². The fourth-order valence-corrected chi connectivity index (χ4v) is 1.15. The van der Waals surface area contributed by atoms with Crippen molar-refractivity contribution in [3.8, 4) is 6.19 Å². The number of nitriles is 1. The molecule has 0 aliphatic carbocycles. The molecule has 16 heavy (non-hydrogen) atoms. The summed E-state index contributed by atoms with van der Waals surface area (Å²) < 4.78 is 0. The van der Waals surface area contributed by atoms with Crippen LogP contribution in [0.3, 0.4) is 0 Å². The summed E-state index contributed by atoms with van der Waals surface area (Å²) in [5, 5.41) is 13.8. The van der Waals surface area contributed by atoms with Crippen molar-refractivity contribution in [2.45, 2.75) is 26.2 Å². The van der Waals surface area contributed by atoms with Gasteiger partial charge in [0.25, 0.3) is 0 Å². The summed E-state index contributed by atoms with van der Waals surface area (Å²) in [4.78, 5) is 11.6. The van der Waals surface area contributed by atoms with Crippen LogP contribution in [0.5, 0.6) is 0 Å². The minimum absolute atomic E-state index is 0.0886. The summed E-state index contributed by atoms with van der Waals surface area (Å²) in [5.41, 5.74) is 5.47. The second-order valence-electron chi connectivity index (χ2n) is 3.21. The van der Waals surface area contributed by atoms with Crippen LogP contribution in [-0.2, 0) is 0 Å². The highest BCUT2D eigenvalue weighted by Gasteiger charge is 2.02. The Kier molecular flexibility index (Phi) is 4.79. The standard InChI is InChI=1S/C9H15N7/c1-2-3-4-5-12-8-14-7(11)15-9(16-8)13-6-10/h2-5H2,1H3,(H4,11,12,13,14,15,16). The van der Waals surface area contributed by atoms with Crippen molar-refractivity contribution in [3.05, 3.63) is 0 Å². The van der Waals surface area contributed by atoms with E-state index >= 15 is 0 Å². The molecule has 1 heterocycles. The van der Waals surface area contributed by atoms with Crippen LogP contribution >= 0.6 is 0 Å². The molecular formula is C9H15N7. The molecule has 0 unspecified atom stereocenters. The molecule has 0 aliphatic rings. The molecule has 4 N–H and O–H groups in total. The summed E-state index contributed by atoms with van der Waals surface area (Å²) in [6.45, 7) is 2.92. The van der Waals surface area contributed by atoms with Crippen LogP contribution in [0.25, 0.3) is 0 Å². The van der Waals surface area contributed by atoms with Crippen molar-refractivity contribution in [3.63, 3.8) is 0 Å². The largest absolute Gasteiger partial charge is 0.368 e. The van der Waals surface area contributed by atoms with Gasteiger partial charge < -0.3 is 11.1 Å². The van der Waals surface area contributed by atoms with Gasteiger partial charge in [0.15, 0.2) is 6.19 Å². The van der Waals surface area contributed by atoms with Crippen LogP contribution in [0.2, 0.25) is 0 Å². The van der Waals surface area contributed by atoms with E-state index in [0.29, 0.717) is 5.95 Å². The molecule has 0 bridgehead atoms. The van der Waals surface area contributed by atoms with Crippen LogP contribution in [0.1, 0.15) is 26.2 Å². The van der Waals surface area contributed by atoms with Gasteiger partial charge in [0.05, 0.1) is 0 Å². The van der Waals surface area contributed by atoms with Crippen LogP contribution in [0, 0.1) is 11.5 Å². The summed E-state index contributed by atoms with van der Waals surface area (Å²) in [7, 11) is 0. The van der Waals surface area contributed by atoms with Gasteiger partial charge in [0.1, 0.15) is 0 Å². The maximum Gasteiger partial charge on any atom is 0.242 e. The van der Waals surface area contributed by atoms with Gasteiger partial charge >= 0.3 is 0 Å². The zero-order chi connectivity index (χ0) is 11.8. The first kappa shape index (κ1) is 12.0. The van der Waals surface area contributed by atoms with Crippen molar-refractivity contribution in [1.82, 2.24) is 15.0 Å². The van der Waals surface area contributed by atoms with Gasteiger partial charge in [-0.2, -0.15) is 20.2 Å². The summed E-state index contributed by atoms with van der Waals surface area (Å²) in [5.74, 6) is 0.639. The Balaban J connectivity index is 2.55. The highest BCUT2D eigenvalue weighted by molar-refractivity contribution is 5.41. The molecule has 1 rings (SSSR count). The van der Waals surface area contributed by atoms with E-state index < -0.39 is 0 Å². The number of nitrogens with two attached hydrogens (primary N) is 1. The van der Waals surface area contributed by atoms with E-state index in [0.717, 1.165) is 25.8 Å². The Labute approximate surface area is 94.1 Å². The van der Waals surface area contributed by atoms with Crippen LogP contribution in [0.4, 0.5) is 17.8 Å². The zero-order valence-electron chi connectivity index (χ0n) is 9.19. The van der Waals surface area contributed by atoms with E-state index in [4.69, 9.17) is 11.0 Å². The van der Waals surface area contributed by atoms with Crippen LogP contribution < -0.4 is 16.4 Å². The Morgan fingerprint density at radius 3 is 2.69 bits per heavy atom. The highest BCUT2D eigenvalue weighted by Crippen LogP contribution is 2.06. The lowest BCUT2D eigenvalue weighted by Crippen LogP contribution is -2.10. The van der Waals surface area contributed by atoms with E-state index in [2.05, 4.69) is 32.5 Å². The van der Waals surface area contributed by atoms with Crippen molar-refractivity contribution in [1.29, 1.82) is 5.26 Å². The first-order chi connectivity index (χ1) is 7.76. The first-order valence-corrected chi connectivity index (χ1v) is 5.16. The van der Waals surface area contributed by atoms with Gasteiger partial charge in [-0.15, -0.1) is 0 Å². The number of anilines is 3. The molecule has 1 aromatic heterocycles. The Morgan fingerprint density at radius 2 is 2.00 bits per heavy atom. The number of hydrogen-bond acceptors (Lipinski definition) is 7. The molecule has 7 nitrogen and oxygen atoms in total. The average molecular weight is 221 g/mol. The SMILES string of the molecule is CCCCCNc1nc(N)nc(NC#N)n1. The van der Waals surface area contributed by atoms with E-state index in [1.165, 1.54) is 0 Å². The van der Waals surface area contributed by atoms with Crippen molar-refractivity contribution < 1.29 is 0 Å². The molecule has 0 spiro atoms. The predicted molar refractivity (Wildman–Crippen MR) is 61.5 cm³/mol. The minimum atomic E-state index is 0.0886. The summed E-state index contributed by atoms with van der Waals surface area (Å²) in [6, 6.07) is 0. The van der Waals surface area contributed by atoms with Gasteiger partial charge in [-0.3, -0.25) is 5.32 Å². The van der Waals surface area contributed by atoms with Gasteiger partial charge in [-0.1, -0.05) is 19.8 Å². The van der Waals surface area contributed by atoms with Crippen molar-refractivity contribution >= 4 is 17.8 Å². The number of aromatic nitrogens is 3. The molecule has 0 atom stereocenters. The van der Waals surface area contributed by atoms with Gasteiger partial charge in [-0.05, 0) is 6.42 Å². The third kappa shape index (κ3) is 3.96. The molecule has 86 valence electrons. The average Bonchev–Trinajstić information content (AvgIpc) is 2.24. The van der Waals surface area contributed by atoms with E-state index in [1.54, 1.807) is 6.19 Å². The molecule has 0 aliphatic heterocycles. The van der Waals surface area contributed by atoms with Gasteiger partial charge in [0, 0.05) is 6.54 Å². The molecular weight excluding hydrogens is 206 g/mol. The molecule has 0 radical (unpaired) electrons. The number of rotatable bonds is 6. The monoisotopic (exact) mass is 221 g/mol. The molecule has 0 aromatic carbocycles. The smallest absolute Gasteiger partial charge is 0.242 e. The first-order valence-electron chi connectivity index (χ1n) is 5.16. The Hall–Kier alpha value is -2.10. The molecule has 0 amide bonds. The molecule has 1 aromatic rings. The van der Waals surface area contributed by atoms with Gasteiger partial charge in [0.2, 0.25) is 17.8 Å². The number of unbranched alkanes of at least 4 members (excludes halogenated alkanes) is 2. The molecule has 0 fully saturated rings. The quantitative estimate of drug-likeness (QED) is 0.372. The van der Waals surface area contributed by atoms with Crippen LogP contribution in [0.15, 0.2) is 0 Å². The zero-order valence-corrected chi connectivity index (χ0v) is 9.19. The van der Waals surface area contributed by atoms with Crippen LogP contribution in [-0.4, -0.2) is 21.5 Å². The molecule has 0 saturated heterocycles. The van der Waals surface area contributed by atoms with Crippen molar-refractivity contribution in [2.75, 3.05) is 22.9 Å². The minimum Gasteiger partial charge on any atom is -0.368 e.